The van der Waals surface area contributed by atoms with Crippen molar-refractivity contribution in [2.75, 3.05) is 17.0 Å². The van der Waals surface area contributed by atoms with Crippen LogP contribution in [0.2, 0.25) is 15.1 Å². The van der Waals surface area contributed by atoms with Gasteiger partial charge in [-0.05, 0) is 66.9 Å². The zero-order valence-electron chi connectivity index (χ0n) is 18.5. The maximum Gasteiger partial charge on any atom is 0.263 e. The minimum absolute atomic E-state index is 0.0292. The van der Waals surface area contributed by atoms with Gasteiger partial charge in [0.25, 0.3) is 15.9 Å². The Bertz CT molecular complexity index is 1290. The summed E-state index contributed by atoms with van der Waals surface area (Å²) < 4.78 is 28.6. The van der Waals surface area contributed by atoms with Crippen molar-refractivity contribution in [2.45, 2.75) is 24.5 Å². The predicted octanol–water partition coefficient (Wildman–Crippen LogP) is 6.73. The molecule has 0 saturated carbocycles. The van der Waals surface area contributed by atoms with E-state index in [1.54, 1.807) is 42.1 Å². The van der Waals surface area contributed by atoms with Gasteiger partial charge in [0.2, 0.25) is 0 Å². The first-order valence-electron chi connectivity index (χ1n) is 10.3. The summed E-state index contributed by atoms with van der Waals surface area (Å²) >= 11 is 20.1. The van der Waals surface area contributed by atoms with Crippen molar-refractivity contribution < 1.29 is 13.2 Å². The van der Waals surface area contributed by atoms with Crippen molar-refractivity contribution in [3.8, 4) is 0 Å². The molecule has 0 fully saturated rings. The van der Waals surface area contributed by atoms with Crippen LogP contribution >= 0.6 is 46.6 Å². The second kappa shape index (κ2) is 11.7. The average Bonchev–Trinajstić information content (AvgIpc) is 2.78. The van der Waals surface area contributed by atoms with Crippen molar-refractivity contribution >= 4 is 68.2 Å². The van der Waals surface area contributed by atoms with Crippen LogP contribution in [0.3, 0.4) is 0 Å². The molecule has 0 atom stereocenters. The van der Waals surface area contributed by atoms with Crippen LogP contribution < -0.4 is 10.0 Å². The van der Waals surface area contributed by atoms with Gasteiger partial charge >= 0.3 is 0 Å². The SMILES string of the molecule is Cc1cccc(NS(=O)(=O)c2cc(C(=O)NCCSCc3c(Cl)cccc3Cl)ccc2Cl)c1C. The summed E-state index contributed by atoms with van der Waals surface area (Å²) in [5.41, 5.74) is 3.28. The Morgan fingerprint density at radius 1 is 0.941 bits per heavy atom. The third kappa shape index (κ3) is 6.61. The van der Waals surface area contributed by atoms with Crippen LogP contribution in [0.15, 0.2) is 59.5 Å². The second-order valence-corrected chi connectivity index (χ2v) is 11.5. The summed E-state index contributed by atoms with van der Waals surface area (Å²) in [6, 6.07) is 14.9. The molecule has 0 radical (unpaired) electrons. The predicted molar refractivity (Wildman–Crippen MR) is 143 cm³/mol. The third-order valence-corrected chi connectivity index (χ3v) is 8.71. The van der Waals surface area contributed by atoms with E-state index in [1.807, 2.05) is 19.9 Å². The van der Waals surface area contributed by atoms with E-state index in [0.29, 0.717) is 33.8 Å². The molecule has 0 unspecified atom stereocenters. The number of hydrogen-bond acceptors (Lipinski definition) is 4. The maximum absolute atomic E-state index is 13.0. The smallest absolute Gasteiger partial charge is 0.263 e. The standard InChI is InChI=1S/C24H23Cl3N2O3S2/c1-15-5-3-8-22(16(15)2)29-34(31,32)23-13-17(9-10-21(23)27)24(30)28-11-12-33-14-18-19(25)6-4-7-20(18)26/h3-10,13,29H,11-12,14H2,1-2H3,(H,28,30). The largest absolute Gasteiger partial charge is 0.351 e. The van der Waals surface area contributed by atoms with Crippen LogP contribution in [-0.2, 0) is 15.8 Å². The van der Waals surface area contributed by atoms with E-state index in [4.69, 9.17) is 34.8 Å². The van der Waals surface area contributed by atoms with Crippen molar-refractivity contribution in [2.24, 2.45) is 0 Å². The van der Waals surface area contributed by atoms with Crippen molar-refractivity contribution in [3.63, 3.8) is 0 Å². The Kier molecular flexibility index (Phi) is 9.18. The third-order valence-electron chi connectivity index (χ3n) is 5.17. The summed E-state index contributed by atoms with van der Waals surface area (Å²) in [6.07, 6.45) is 0. The molecule has 10 heteroatoms. The van der Waals surface area contributed by atoms with Gasteiger partial charge in [0.05, 0.1) is 10.7 Å². The molecule has 5 nitrogen and oxygen atoms in total. The lowest BCUT2D eigenvalue weighted by molar-refractivity contribution is 0.0956. The molecule has 2 N–H and O–H groups in total. The highest BCUT2D eigenvalue weighted by molar-refractivity contribution is 7.98. The number of anilines is 1. The van der Waals surface area contributed by atoms with E-state index >= 15 is 0 Å². The lowest BCUT2D eigenvalue weighted by Crippen LogP contribution is -2.26. The van der Waals surface area contributed by atoms with Crippen LogP contribution in [0.5, 0.6) is 0 Å². The van der Waals surface area contributed by atoms with Crippen LogP contribution in [0.25, 0.3) is 0 Å². The molecule has 34 heavy (non-hydrogen) atoms. The summed E-state index contributed by atoms with van der Waals surface area (Å²) in [5.74, 6) is 0.846. The highest BCUT2D eigenvalue weighted by atomic mass is 35.5. The Morgan fingerprint density at radius 2 is 1.62 bits per heavy atom. The normalized spacial score (nSPS) is 11.3. The number of amides is 1. The lowest BCUT2D eigenvalue weighted by Gasteiger charge is -2.14. The number of halogens is 3. The Morgan fingerprint density at radius 3 is 2.32 bits per heavy atom. The molecule has 0 aliphatic carbocycles. The van der Waals surface area contributed by atoms with Crippen LogP contribution in [0.4, 0.5) is 5.69 Å². The number of sulfonamides is 1. The highest BCUT2D eigenvalue weighted by Crippen LogP contribution is 2.29. The topological polar surface area (TPSA) is 75.3 Å². The molecule has 3 aromatic carbocycles. The molecule has 180 valence electrons. The van der Waals surface area contributed by atoms with Gasteiger partial charge in [0, 0.05) is 33.7 Å². The number of carbonyl (C=O) groups is 1. The molecular formula is C24H23Cl3N2O3S2. The first-order chi connectivity index (χ1) is 16.1. The molecule has 1 amide bonds. The number of aryl methyl sites for hydroxylation is 1. The minimum Gasteiger partial charge on any atom is -0.351 e. The Hall–Kier alpha value is -1.90. The highest BCUT2D eigenvalue weighted by Gasteiger charge is 2.21. The van der Waals surface area contributed by atoms with Crippen molar-refractivity contribution in [1.29, 1.82) is 0 Å². The number of rotatable bonds is 9. The first-order valence-corrected chi connectivity index (χ1v) is 14.0. The fourth-order valence-corrected chi connectivity index (χ4v) is 6.34. The monoisotopic (exact) mass is 556 g/mol. The van der Waals surface area contributed by atoms with E-state index in [2.05, 4.69) is 10.0 Å². The quantitative estimate of drug-likeness (QED) is 0.286. The van der Waals surface area contributed by atoms with Gasteiger partial charge in [-0.25, -0.2) is 8.42 Å². The lowest BCUT2D eigenvalue weighted by atomic mass is 10.1. The fourth-order valence-electron chi connectivity index (χ4n) is 3.10. The maximum atomic E-state index is 13.0. The first kappa shape index (κ1) is 26.7. The minimum atomic E-state index is -4.00. The molecule has 0 heterocycles. The van der Waals surface area contributed by atoms with E-state index < -0.39 is 15.9 Å². The van der Waals surface area contributed by atoms with Gasteiger partial charge in [-0.1, -0.05) is 53.0 Å². The zero-order chi connectivity index (χ0) is 24.9. The summed E-state index contributed by atoms with van der Waals surface area (Å²) in [4.78, 5) is 12.5. The van der Waals surface area contributed by atoms with E-state index in [1.165, 1.54) is 18.2 Å². The Balaban J connectivity index is 1.63. The van der Waals surface area contributed by atoms with Gasteiger partial charge in [0.15, 0.2) is 0 Å². The van der Waals surface area contributed by atoms with Crippen molar-refractivity contribution in [1.82, 2.24) is 5.32 Å². The van der Waals surface area contributed by atoms with Crippen LogP contribution in [-0.4, -0.2) is 26.6 Å². The van der Waals surface area contributed by atoms with E-state index in [-0.39, 0.29) is 15.5 Å². The number of carbonyl (C=O) groups excluding carboxylic acids is 1. The molecule has 0 spiro atoms. The summed E-state index contributed by atoms with van der Waals surface area (Å²) in [6.45, 7) is 4.11. The van der Waals surface area contributed by atoms with Gasteiger partial charge in [0.1, 0.15) is 4.90 Å². The molecular weight excluding hydrogens is 535 g/mol. The number of benzene rings is 3. The molecule has 3 aromatic rings. The summed E-state index contributed by atoms with van der Waals surface area (Å²) in [5, 5.41) is 4.03. The second-order valence-electron chi connectivity index (χ2n) is 7.51. The number of hydrogen-bond donors (Lipinski definition) is 2. The summed E-state index contributed by atoms with van der Waals surface area (Å²) in [7, 11) is -4.00. The fraction of sp³-hybridized carbons (Fsp3) is 0.208. The molecule has 0 bridgehead atoms. The van der Waals surface area contributed by atoms with Crippen LogP contribution in [0.1, 0.15) is 27.0 Å². The molecule has 0 saturated heterocycles. The van der Waals surface area contributed by atoms with Crippen LogP contribution in [0, 0.1) is 13.8 Å². The van der Waals surface area contributed by atoms with Crippen molar-refractivity contribution in [3.05, 3.63) is 91.9 Å². The number of thioether (sulfide) groups is 1. The molecule has 0 aliphatic heterocycles. The average molecular weight is 558 g/mol. The van der Waals surface area contributed by atoms with Gasteiger partial charge < -0.3 is 5.32 Å². The van der Waals surface area contributed by atoms with Gasteiger partial charge in [-0.15, -0.1) is 0 Å². The Labute approximate surface area is 219 Å². The molecule has 3 rings (SSSR count). The van der Waals surface area contributed by atoms with E-state index in [9.17, 15) is 13.2 Å². The zero-order valence-corrected chi connectivity index (χ0v) is 22.4. The van der Waals surface area contributed by atoms with Gasteiger partial charge in [-0.3, -0.25) is 9.52 Å². The van der Waals surface area contributed by atoms with E-state index in [0.717, 1.165) is 16.7 Å². The molecule has 0 aliphatic rings. The molecule has 0 aromatic heterocycles. The number of nitrogens with one attached hydrogen (secondary N) is 2. The van der Waals surface area contributed by atoms with Gasteiger partial charge in [-0.2, -0.15) is 11.8 Å².